The summed E-state index contributed by atoms with van der Waals surface area (Å²) in [6, 6.07) is 6.81. The molecule has 3 unspecified atom stereocenters. The lowest BCUT2D eigenvalue weighted by Crippen LogP contribution is -2.57. The summed E-state index contributed by atoms with van der Waals surface area (Å²) in [5.41, 5.74) is 1.84. The van der Waals surface area contributed by atoms with Crippen molar-refractivity contribution < 1.29 is 24.5 Å². The summed E-state index contributed by atoms with van der Waals surface area (Å²) < 4.78 is 5.03. The van der Waals surface area contributed by atoms with E-state index < -0.39 is 18.2 Å². The third-order valence-corrected chi connectivity index (χ3v) is 4.73. The van der Waals surface area contributed by atoms with Crippen molar-refractivity contribution in [3.8, 4) is 5.75 Å². The average Bonchev–Trinajstić information content (AvgIpc) is 2.81. The van der Waals surface area contributed by atoms with Crippen molar-refractivity contribution in [1.82, 2.24) is 10.2 Å². The second-order valence-corrected chi connectivity index (χ2v) is 6.12. The Morgan fingerprint density at radius 1 is 1.33 bits per heavy atom. The van der Waals surface area contributed by atoms with Gasteiger partial charge in [0, 0.05) is 25.6 Å². The van der Waals surface area contributed by atoms with Gasteiger partial charge in [0.15, 0.2) is 0 Å². The van der Waals surface area contributed by atoms with E-state index in [1.165, 1.54) is 7.05 Å². The molecule has 128 valence electrons. The molecule has 0 spiro atoms. The number of nitrogens with one attached hydrogen (secondary N) is 1. The molecule has 0 radical (unpaired) electrons. The quantitative estimate of drug-likeness (QED) is 0.768. The van der Waals surface area contributed by atoms with E-state index in [2.05, 4.69) is 5.32 Å². The minimum atomic E-state index is -0.956. The molecule has 24 heavy (non-hydrogen) atoms. The van der Waals surface area contributed by atoms with Gasteiger partial charge >= 0.3 is 12.1 Å². The highest BCUT2D eigenvalue weighted by Crippen LogP contribution is 2.46. The number of aliphatic hydroxyl groups excluding tert-OH is 1. The van der Waals surface area contributed by atoms with Crippen LogP contribution in [0.15, 0.2) is 30.0 Å². The van der Waals surface area contributed by atoms with Gasteiger partial charge in [0.2, 0.25) is 0 Å². The van der Waals surface area contributed by atoms with Gasteiger partial charge in [0.1, 0.15) is 11.4 Å². The van der Waals surface area contributed by atoms with Gasteiger partial charge in [-0.25, -0.2) is 9.59 Å². The first-order chi connectivity index (χ1) is 11.4. The summed E-state index contributed by atoms with van der Waals surface area (Å²) in [5, 5.41) is 21.7. The van der Waals surface area contributed by atoms with E-state index in [1.807, 2.05) is 4.90 Å². The van der Waals surface area contributed by atoms with Crippen LogP contribution in [0, 0.1) is 5.92 Å². The number of hydrogen-bond acceptors (Lipinski definition) is 5. The second-order valence-electron chi connectivity index (χ2n) is 6.12. The standard InChI is InChI=1S/C17H20N2O5/c1-9(20)13-8-19-14(13)7-12(15(19)16(21)22)10-3-5-11(6-4-10)24-17(23)18-2/h3-6,9,13-14,20H,7-8H2,1-2H3,(H,18,23)(H,21,22). The molecular weight excluding hydrogens is 312 g/mol. The summed E-state index contributed by atoms with van der Waals surface area (Å²) >= 11 is 0. The number of carbonyl (C=O) groups excluding carboxylic acids is 1. The molecule has 1 amide bonds. The molecule has 1 saturated heterocycles. The molecule has 3 N–H and O–H groups in total. The number of carboxylic acid groups (broad SMARTS) is 1. The smallest absolute Gasteiger partial charge is 0.412 e. The van der Waals surface area contributed by atoms with Crippen molar-refractivity contribution >= 4 is 17.6 Å². The largest absolute Gasteiger partial charge is 0.477 e. The molecule has 0 bridgehead atoms. The number of nitrogens with zero attached hydrogens (tertiary/aromatic N) is 1. The minimum Gasteiger partial charge on any atom is -0.477 e. The normalized spacial score (nSPS) is 23.4. The lowest BCUT2D eigenvalue weighted by molar-refractivity contribution is -0.136. The van der Waals surface area contributed by atoms with Crippen molar-refractivity contribution in [1.29, 1.82) is 0 Å². The van der Waals surface area contributed by atoms with Crippen LogP contribution in [0.5, 0.6) is 5.75 Å². The molecule has 3 rings (SSSR count). The fourth-order valence-electron chi connectivity index (χ4n) is 3.44. The third kappa shape index (κ3) is 2.71. The number of rotatable bonds is 4. The van der Waals surface area contributed by atoms with Gasteiger partial charge in [-0.15, -0.1) is 0 Å². The molecule has 7 heteroatoms. The van der Waals surface area contributed by atoms with Crippen molar-refractivity contribution in [2.24, 2.45) is 5.92 Å². The highest BCUT2D eigenvalue weighted by Gasteiger charge is 2.49. The van der Waals surface area contributed by atoms with Gasteiger partial charge in [0.25, 0.3) is 0 Å². The number of carboxylic acids is 1. The Hall–Kier alpha value is -2.54. The second kappa shape index (κ2) is 6.16. The predicted octanol–water partition coefficient (Wildman–Crippen LogP) is 1.29. The monoisotopic (exact) mass is 332 g/mol. The van der Waals surface area contributed by atoms with Crippen LogP contribution in [-0.4, -0.2) is 52.9 Å². The minimum absolute atomic E-state index is 0.0351. The summed E-state index contributed by atoms with van der Waals surface area (Å²) in [6.07, 6.45) is -0.422. The molecule has 2 heterocycles. The van der Waals surface area contributed by atoms with Gasteiger partial charge in [-0.2, -0.15) is 0 Å². The zero-order valence-electron chi connectivity index (χ0n) is 13.5. The highest BCUT2D eigenvalue weighted by atomic mass is 16.5. The van der Waals surface area contributed by atoms with E-state index in [1.54, 1.807) is 31.2 Å². The number of aliphatic carboxylic acids is 1. The van der Waals surface area contributed by atoms with Crippen molar-refractivity contribution in [2.75, 3.05) is 13.6 Å². The molecule has 7 nitrogen and oxygen atoms in total. The van der Waals surface area contributed by atoms with E-state index in [9.17, 15) is 19.8 Å². The summed E-state index contributed by atoms with van der Waals surface area (Å²) in [5.74, 6) is -0.478. The lowest BCUT2D eigenvalue weighted by Gasteiger charge is -2.47. The predicted molar refractivity (Wildman–Crippen MR) is 86.4 cm³/mol. The number of aliphatic hydroxyl groups is 1. The van der Waals surface area contributed by atoms with Crippen molar-refractivity contribution in [2.45, 2.75) is 25.5 Å². The van der Waals surface area contributed by atoms with Crippen LogP contribution in [0.1, 0.15) is 18.9 Å². The molecule has 2 aliphatic rings. The number of carbonyl (C=O) groups is 2. The molecule has 1 aromatic carbocycles. The number of benzene rings is 1. The van der Waals surface area contributed by atoms with Crippen LogP contribution >= 0.6 is 0 Å². The van der Waals surface area contributed by atoms with E-state index in [-0.39, 0.29) is 12.0 Å². The van der Waals surface area contributed by atoms with Crippen LogP contribution in [0.2, 0.25) is 0 Å². The topological polar surface area (TPSA) is 99.1 Å². The first kappa shape index (κ1) is 16.3. The third-order valence-electron chi connectivity index (χ3n) is 4.73. The van der Waals surface area contributed by atoms with Crippen LogP contribution in [0.4, 0.5) is 4.79 Å². The molecule has 0 aliphatic carbocycles. The maximum atomic E-state index is 11.7. The Morgan fingerprint density at radius 2 is 2.00 bits per heavy atom. The van der Waals surface area contributed by atoms with Crippen molar-refractivity contribution in [3.05, 3.63) is 35.5 Å². The van der Waals surface area contributed by atoms with E-state index in [0.29, 0.717) is 24.4 Å². The van der Waals surface area contributed by atoms with E-state index >= 15 is 0 Å². The van der Waals surface area contributed by atoms with Gasteiger partial charge < -0.3 is 25.2 Å². The van der Waals surface area contributed by atoms with Gasteiger partial charge in [-0.3, -0.25) is 0 Å². The highest BCUT2D eigenvalue weighted by molar-refractivity contribution is 5.97. The number of ether oxygens (including phenoxy) is 1. The molecule has 0 aromatic heterocycles. The Balaban J connectivity index is 1.84. The van der Waals surface area contributed by atoms with E-state index in [0.717, 1.165) is 11.1 Å². The van der Waals surface area contributed by atoms with Crippen LogP contribution in [0.3, 0.4) is 0 Å². The summed E-state index contributed by atoms with van der Waals surface area (Å²) in [6.45, 7) is 2.30. The summed E-state index contributed by atoms with van der Waals surface area (Å²) in [4.78, 5) is 24.7. The SMILES string of the molecule is CNC(=O)Oc1ccc(C2=C(C(=O)O)N3CC(C(C)O)C3C2)cc1. The number of fused-ring (bicyclic) bond motifs is 1. The first-order valence-corrected chi connectivity index (χ1v) is 7.83. The van der Waals surface area contributed by atoms with Gasteiger partial charge in [-0.05, 0) is 36.6 Å². The first-order valence-electron chi connectivity index (χ1n) is 7.83. The van der Waals surface area contributed by atoms with Crippen LogP contribution in [0.25, 0.3) is 5.57 Å². The number of hydrogen-bond donors (Lipinski definition) is 3. The molecule has 1 aromatic rings. The zero-order valence-corrected chi connectivity index (χ0v) is 13.5. The molecular formula is C17H20N2O5. The zero-order chi connectivity index (χ0) is 17.4. The van der Waals surface area contributed by atoms with Gasteiger partial charge in [0.05, 0.1) is 6.10 Å². The Bertz CT molecular complexity index is 695. The Morgan fingerprint density at radius 3 is 2.54 bits per heavy atom. The fourth-order valence-corrected chi connectivity index (χ4v) is 3.44. The molecule has 0 saturated carbocycles. The Labute approximate surface area is 139 Å². The maximum absolute atomic E-state index is 11.7. The summed E-state index contributed by atoms with van der Waals surface area (Å²) in [7, 11) is 1.47. The Kier molecular flexibility index (Phi) is 4.19. The van der Waals surface area contributed by atoms with Crippen LogP contribution < -0.4 is 10.1 Å². The molecule has 3 atom stereocenters. The van der Waals surface area contributed by atoms with Crippen molar-refractivity contribution in [3.63, 3.8) is 0 Å². The van der Waals surface area contributed by atoms with E-state index in [4.69, 9.17) is 4.74 Å². The van der Waals surface area contributed by atoms with Crippen LogP contribution in [-0.2, 0) is 4.79 Å². The fraction of sp³-hybridized carbons (Fsp3) is 0.412. The number of amides is 1. The maximum Gasteiger partial charge on any atom is 0.412 e. The lowest BCUT2D eigenvalue weighted by atomic mass is 9.83. The van der Waals surface area contributed by atoms with Gasteiger partial charge in [-0.1, -0.05) is 12.1 Å². The molecule has 1 fully saturated rings. The average molecular weight is 332 g/mol. The molecule has 2 aliphatic heterocycles.